The molecule has 1 aliphatic rings. The van der Waals surface area contributed by atoms with Crippen molar-refractivity contribution in [3.05, 3.63) is 35.6 Å². The van der Waals surface area contributed by atoms with Crippen molar-refractivity contribution in [1.29, 1.82) is 0 Å². The van der Waals surface area contributed by atoms with Gasteiger partial charge in [-0.2, -0.15) is 13.2 Å². The van der Waals surface area contributed by atoms with Gasteiger partial charge in [0.1, 0.15) is 5.82 Å². The molecule has 0 saturated carbocycles. The molecule has 1 aromatic carbocycles. The number of nitrogens with one attached hydrogen (secondary N) is 1. The Morgan fingerprint density at radius 1 is 1.12 bits per heavy atom. The molecule has 17 heavy (non-hydrogen) atoms. The Morgan fingerprint density at radius 2 is 1.76 bits per heavy atom. The molecule has 1 N–H and O–H groups in total. The molecule has 1 aromatic rings. The average molecular weight is 247 g/mol. The van der Waals surface area contributed by atoms with Gasteiger partial charge in [0.2, 0.25) is 0 Å². The van der Waals surface area contributed by atoms with E-state index in [0.29, 0.717) is 12.1 Å². The number of benzene rings is 1. The van der Waals surface area contributed by atoms with Crippen molar-refractivity contribution < 1.29 is 17.6 Å². The molecule has 0 aromatic heterocycles. The molecular weight excluding hydrogens is 234 g/mol. The van der Waals surface area contributed by atoms with Crippen LogP contribution in [0.1, 0.15) is 24.4 Å². The lowest BCUT2D eigenvalue weighted by molar-refractivity contribution is -0.183. The summed E-state index contributed by atoms with van der Waals surface area (Å²) in [6, 6.07) is 5.27. The van der Waals surface area contributed by atoms with Crippen LogP contribution in [0.3, 0.4) is 0 Å². The first-order chi connectivity index (χ1) is 7.97. The van der Waals surface area contributed by atoms with Crippen LogP contribution in [0.4, 0.5) is 17.6 Å². The Kier molecular flexibility index (Phi) is 3.38. The highest BCUT2D eigenvalue weighted by atomic mass is 19.4. The van der Waals surface area contributed by atoms with Gasteiger partial charge in [-0.05, 0) is 37.1 Å². The standard InChI is InChI=1S/C12H13F4N/c13-10-3-1-8(2-4-10)11-7-9(5-6-17-11)12(14,15)16/h1-4,9,11,17H,5-7H2/t9-,11+/m1/s1. The normalized spacial score (nSPS) is 25.9. The first-order valence-corrected chi connectivity index (χ1v) is 5.52. The van der Waals surface area contributed by atoms with E-state index in [1.54, 1.807) is 0 Å². The van der Waals surface area contributed by atoms with E-state index in [1.165, 1.54) is 24.3 Å². The molecule has 5 heteroatoms. The van der Waals surface area contributed by atoms with E-state index in [0.717, 1.165) is 0 Å². The van der Waals surface area contributed by atoms with E-state index >= 15 is 0 Å². The average Bonchev–Trinajstić information content (AvgIpc) is 2.29. The van der Waals surface area contributed by atoms with Gasteiger partial charge in [0.25, 0.3) is 0 Å². The maximum atomic E-state index is 12.7. The summed E-state index contributed by atoms with van der Waals surface area (Å²) >= 11 is 0. The molecule has 1 nitrogen and oxygen atoms in total. The minimum absolute atomic E-state index is 0.0229. The van der Waals surface area contributed by atoms with Crippen LogP contribution in [-0.2, 0) is 0 Å². The fourth-order valence-electron chi connectivity index (χ4n) is 2.16. The summed E-state index contributed by atoms with van der Waals surface area (Å²) < 4.78 is 50.5. The van der Waals surface area contributed by atoms with Gasteiger partial charge in [0.15, 0.2) is 0 Å². The topological polar surface area (TPSA) is 12.0 Å². The Bertz CT molecular complexity index is 371. The molecule has 0 spiro atoms. The van der Waals surface area contributed by atoms with E-state index in [9.17, 15) is 17.6 Å². The molecule has 0 unspecified atom stereocenters. The summed E-state index contributed by atoms with van der Waals surface area (Å²) in [6.45, 7) is 0.340. The molecule has 0 bridgehead atoms. The SMILES string of the molecule is Fc1ccc([C@@H]2C[C@H](C(F)(F)F)CCN2)cc1. The Balaban J connectivity index is 2.09. The highest BCUT2D eigenvalue weighted by molar-refractivity contribution is 5.20. The molecular formula is C12H13F4N. The van der Waals surface area contributed by atoms with E-state index in [4.69, 9.17) is 0 Å². The number of hydrogen-bond donors (Lipinski definition) is 1. The molecule has 0 radical (unpaired) electrons. The van der Waals surface area contributed by atoms with E-state index in [2.05, 4.69) is 5.32 Å². The van der Waals surface area contributed by atoms with Crippen molar-refractivity contribution >= 4 is 0 Å². The molecule has 0 aliphatic carbocycles. The Labute approximate surface area is 96.8 Å². The van der Waals surface area contributed by atoms with E-state index < -0.39 is 12.1 Å². The van der Waals surface area contributed by atoms with Gasteiger partial charge in [-0.3, -0.25) is 0 Å². The first kappa shape index (κ1) is 12.4. The predicted octanol–water partition coefficient (Wildman–Crippen LogP) is 3.43. The third-order valence-electron chi connectivity index (χ3n) is 3.14. The van der Waals surface area contributed by atoms with Gasteiger partial charge < -0.3 is 5.32 Å². The number of piperidine rings is 1. The lowest BCUT2D eigenvalue weighted by Gasteiger charge is -2.31. The monoisotopic (exact) mass is 247 g/mol. The second kappa shape index (κ2) is 4.64. The second-order valence-corrected chi connectivity index (χ2v) is 4.32. The summed E-state index contributed by atoms with van der Waals surface area (Å²) in [7, 11) is 0. The van der Waals surface area contributed by atoms with Crippen LogP contribution in [0.5, 0.6) is 0 Å². The molecule has 94 valence electrons. The van der Waals surface area contributed by atoms with Gasteiger partial charge in [-0.1, -0.05) is 12.1 Å². The molecule has 0 amide bonds. The first-order valence-electron chi connectivity index (χ1n) is 5.52. The van der Waals surface area contributed by atoms with Gasteiger partial charge in [0, 0.05) is 6.04 Å². The fraction of sp³-hybridized carbons (Fsp3) is 0.500. The molecule has 1 aliphatic heterocycles. The zero-order valence-corrected chi connectivity index (χ0v) is 9.10. The van der Waals surface area contributed by atoms with Crippen molar-refractivity contribution in [3.63, 3.8) is 0 Å². The highest BCUT2D eigenvalue weighted by Gasteiger charge is 2.42. The van der Waals surface area contributed by atoms with Gasteiger partial charge >= 0.3 is 6.18 Å². The Morgan fingerprint density at radius 3 is 2.35 bits per heavy atom. The van der Waals surface area contributed by atoms with Crippen molar-refractivity contribution in [3.8, 4) is 0 Å². The fourth-order valence-corrected chi connectivity index (χ4v) is 2.16. The molecule has 2 rings (SSSR count). The second-order valence-electron chi connectivity index (χ2n) is 4.32. The quantitative estimate of drug-likeness (QED) is 0.750. The molecule has 2 atom stereocenters. The number of hydrogen-bond acceptors (Lipinski definition) is 1. The van der Waals surface area contributed by atoms with Crippen LogP contribution < -0.4 is 5.32 Å². The smallest absolute Gasteiger partial charge is 0.310 e. The van der Waals surface area contributed by atoms with Crippen molar-refractivity contribution in [2.75, 3.05) is 6.54 Å². The minimum atomic E-state index is -4.14. The molecule has 1 fully saturated rings. The van der Waals surface area contributed by atoms with Crippen LogP contribution in [0.25, 0.3) is 0 Å². The van der Waals surface area contributed by atoms with Crippen molar-refractivity contribution in [2.24, 2.45) is 5.92 Å². The van der Waals surface area contributed by atoms with Gasteiger partial charge in [-0.25, -0.2) is 4.39 Å². The third-order valence-corrected chi connectivity index (χ3v) is 3.14. The zero-order chi connectivity index (χ0) is 12.5. The van der Waals surface area contributed by atoms with E-state index in [-0.39, 0.29) is 24.7 Å². The van der Waals surface area contributed by atoms with Crippen LogP contribution in [0.15, 0.2) is 24.3 Å². The third kappa shape index (κ3) is 2.97. The van der Waals surface area contributed by atoms with Crippen LogP contribution in [0, 0.1) is 11.7 Å². The molecule has 1 heterocycles. The predicted molar refractivity (Wildman–Crippen MR) is 55.9 cm³/mol. The highest BCUT2D eigenvalue weighted by Crippen LogP contribution is 2.38. The number of alkyl halides is 3. The van der Waals surface area contributed by atoms with Gasteiger partial charge in [-0.15, -0.1) is 0 Å². The maximum Gasteiger partial charge on any atom is 0.391 e. The maximum absolute atomic E-state index is 12.7. The van der Waals surface area contributed by atoms with Gasteiger partial charge in [0.05, 0.1) is 5.92 Å². The number of rotatable bonds is 1. The molecule has 1 saturated heterocycles. The minimum Gasteiger partial charge on any atom is -0.310 e. The van der Waals surface area contributed by atoms with Crippen LogP contribution >= 0.6 is 0 Å². The van der Waals surface area contributed by atoms with Crippen molar-refractivity contribution in [1.82, 2.24) is 5.32 Å². The summed E-state index contributed by atoms with van der Waals surface area (Å²) in [4.78, 5) is 0. The largest absolute Gasteiger partial charge is 0.391 e. The lowest BCUT2D eigenvalue weighted by Crippen LogP contribution is -2.38. The lowest BCUT2D eigenvalue weighted by atomic mass is 9.88. The summed E-state index contributed by atoms with van der Waals surface area (Å²) in [6.07, 6.45) is -4.00. The van der Waals surface area contributed by atoms with Crippen molar-refractivity contribution in [2.45, 2.75) is 25.1 Å². The van der Waals surface area contributed by atoms with Crippen LogP contribution in [0.2, 0.25) is 0 Å². The summed E-state index contributed by atoms with van der Waals surface area (Å²) in [5.41, 5.74) is 0.709. The van der Waals surface area contributed by atoms with E-state index in [1.807, 2.05) is 0 Å². The van der Waals surface area contributed by atoms with Crippen LogP contribution in [-0.4, -0.2) is 12.7 Å². The Hall–Kier alpha value is -1.10. The number of halogens is 4. The summed E-state index contributed by atoms with van der Waals surface area (Å²) in [5, 5.41) is 3.03. The zero-order valence-electron chi connectivity index (χ0n) is 9.10. The summed E-state index contributed by atoms with van der Waals surface area (Å²) in [5.74, 6) is -1.64.